The summed E-state index contributed by atoms with van der Waals surface area (Å²) in [5, 5.41) is 3.46. The predicted molar refractivity (Wildman–Crippen MR) is 68.9 cm³/mol. The molecular formula is C14H22N2O. The van der Waals surface area contributed by atoms with Crippen molar-refractivity contribution in [2.75, 3.05) is 20.3 Å². The molecule has 17 heavy (non-hydrogen) atoms. The summed E-state index contributed by atoms with van der Waals surface area (Å²) in [4.78, 5) is 4.26. The van der Waals surface area contributed by atoms with Crippen LogP contribution in [0.1, 0.15) is 30.5 Å². The second-order valence-electron chi connectivity index (χ2n) is 5.00. The fraction of sp³-hybridized carbons (Fsp3) is 0.643. The standard InChI is InChI=1S/C14H22N2O/c1-10-4-6-16-8-13(10)14(15-3)12-5-7-17-9-11(12)2/h4,6,8,11-12,14-15H,5,7,9H2,1-3H3. The van der Waals surface area contributed by atoms with Crippen LogP contribution < -0.4 is 5.32 Å². The Morgan fingerprint density at radius 3 is 3.00 bits per heavy atom. The molecule has 0 amide bonds. The smallest absolute Gasteiger partial charge is 0.0494 e. The second kappa shape index (κ2) is 5.61. The van der Waals surface area contributed by atoms with Gasteiger partial charge in [-0.05, 0) is 49.4 Å². The number of ether oxygens (including phenoxy) is 1. The summed E-state index contributed by atoms with van der Waals surface area (Å²) < 4.78 is 5.53. The van der Waals surface area contributed by atoms with Crippen molar-refractivity contribution in [1.29, 1.82) is 0 Å². The quantitative estimate of drug-likeness (QED) is 0.871. The highest BCUT2D eigenvalue weighted by Crippen LogP contribution is 2.34. The number of nitrogens with one attached hydrogen (secondary N) is 1. The summed E-state index contributed by atoms with van der Waals surface area (Å²) in [6, 6.07) is 2.48. The van der Waals surface area contributed by atoms with Crippen LogP contribution in [0.5, 0.6) is 0 Å². The Balaban J connectivity index is 2.23. The minimum Gasteiger partial charge on any atom is -0.381 e. The first kappa shape index (κ1) is 12.5. The average Bonchev–Trinajstić information content (AvgIpc) is 2.34. The Bertz CT molecular complexity index is 367. The van der Waals surface area contributed by atoms with Crippen molar-refractivity contribution < 1.29 is 4.74 Å². The van der Waals surface area contributed by atoms with E-state index in [1.165, 1.54) is 11.1 Å². The summed E-state index contributed by atoms with van der Waals surface area (Å²) >= 11 is 0. The lowest BCUT2D eigenvalue weighted by molar-refractivity contribution is 0.0114. The number of pyridine rings is 1. The SMILES string of the molecule is CNC(c1cnccc1C)C1CCOCC1C. The molecule has 0 bridgehead atoms. The molecule has 1 aromatic rings. The van der Waals surface area contributed by atoms with Crippen LogP contribution in [-0.4, -0.2) is 25.2 Å². The molecule has 94 valence electrons. The molecule has 2 heterocycles. The summed E-state index contributed by atoms with van der Waals surface area (Å²) in [7, 11) is 2.04. The summed E-state index contributed by atoms with van der Waals surface area (Å²) in [5.74, 6) is 1.23. The summed E-state index contributed by atoms with van der Waals surface area (Å²) in [6.07, 6.45) is 4.98. The van der Waals surface area contributed by atoms with Gasteiger partial charge in [0, 0.05) is 31.6 Å². The van der Waals surface area contributed by atoms with Crippen LogP contribution in [0.25, 0.3) is 0 Å². The van der Waals surface area contributed by atoms with Crippen LogP contribution in [0.2, 0.25) is 0 Å². The van der Waals surface area contributed by atoms with E-state index in [0.29, 0.717) is 17.9 Å². The van der Waals surface area contributed by atoms with Crippen molar-refractivity contribution in [3.8, 4) is 0 Å². The highest BCUT2D eigenvalue weighted by Gasteiger charge is 2.30. The molecule has 1 aliphatic rings. The number of aromatic nitrogens is 1. The van der Waals surface area contributed by atoms with E-state index in [9.17, 15) is 0 Å². The first-order valence-corrected chi connectivity index (χ1v) is 6.39. The summed E-state index contributed by atoms with van der Waals surface area (Å²) in [6.45, 7) is 6.19. The van der Waals surface area contributed by atoms with Crippen LogP contribution in [0, 0.1) is 18.8 Å². The summed E-state index contributed by atoms with van der Waals surface area (Å²) in [5.41, 5.74) is 2.65. The molecule has 0 radical (unpaired) electrons. The van der Waals surface area contributed by atoms with Gasteiger partial charge in [-0.3, -0.25) is 4.98 Å². The van der Waals surface area contributed by atoms with Gasteiger partial charge in [0.05, 0.1) is 0 Å². The molecule has 1 N–H and O–H groups in total. The first-order chi connectivity index (χ1) is 8.24. The van der Waals surface area contributed by atoms with Crippen LogP contribution in [-0.2, 0) is 4.74 Å². The van der Waals surface area contributed by atoms with Gasteiger partial charge in [-0.15, -0.1) is 0 Å². The fourth-order valence-corrected chi connectivity index (χ4v) is 2.79. The van der Waals surface area contributed by atoms with Crippen molar-refractivity contribution in [1.82, 2.24) is 10.3 Å². The minimum atomic E-state index is 0.391. The highest BCUT2D eigenvalue weighted by atomic mass is 16.5. The van der Waals surface area contributed by atoms with Crippen LogP contribution in [0.4, 0.5) is 0 Å². The molecule has 0 spiro atoms. The topological polar surface area (TPSA) is 34.2 Å². The zero-order valence-electron chi connectivity index (χ0n) is 10.9. The maximum atomic E-state index is 5.53. The van der Waals surface area contributed by atoms with Crippen molar-refractivity contribution >= 4 is 0 Å². The third kappa shape index (κ3) is 2.67. The average molecular weight is 234 g/mol. The molecule has 0 saturated carbocycles. The molecule has 1 fully saturated rings. The number of rotatable bonds is 3. The fourth-order valence-electron chi connectivity index (χ4n) is 2.79. The lowest BCUT2D eigenvalue weighted by atomic mass is 9.80. The zero-order valence-corrected chi connectivity index (χ0v) is 10.9. The number of hydrogen-bond donors (Lipinski definition) is 1. The zero-order chi connectivity index (χ0) is 12.3. The van der Waals surface area contributed by atoms with Crippen LogP contribution in [0.3, 0.4) is 0 Å². The van der Waals surface area contributed by atoms with E-state index in [4.69, 9.17) is 4.74 Å². The van der Waals surface area contributed by atoms with Gasteiger partial charge in [0.15, 0.2) is 0 Å². The Morgan fingerprint density at radius 1 is 1.53 bits per heavy atom. The third-order valence-corrected chi connectivity index (χ3v) is 3.86. The number of hydrogen-bond acceptors (Lipinski definition) is 3. The van der Waals surface area contributed by atoms with Gasteiger partial charge in [0.1, 0.15) is 0 Å². The molecule has 1 aromatic heterocycles. The van der Waals surface area contributed by atoms with E-state index in [2.05, 4.69) is 30.2 Å². The highest BCUT2D eigenvalue weighted by molar-refractivity contribution is 5.26. The van der Waals surface area contributed by atoms with Crippen molar-refractivity contribution in [2.24, 2.45) is 11.8 Å². The molecule has 3 nitrogen and oxygen atoms in total. The lowest BCUT2D eigenvalue weighted by Crippen LogP contribution is -2.36. The van der Waals surface area contributed by atoms with E-state index in [1.807, 2.05) is 19.4 Å². The molecule has 2 rings (SSSR count). The van der Waals surface area contributed by atoms with Gasteiger partial charge < -0.3 is 10.1 Å². The molecule has 3 heteroatoms. The second-order valence-corrected chi connectivity index (χ2v) is 5.00. The molecule has 0 aliphatic carbocycles. The van der Waals surface area contributed by atoms with Gasteiger partial charge in [0.2, 0.25) is 0 Å². The Morgan fingerprint density at radius 2 is 2.35 bits per heavy atom. The minimum absolute atomic E-state index is 0.391. The van der Waals surface area contributed by atoms with E-state index in [0.717, 1.165) is 19.6 Å². The van der Waals surface area contributed by atoms with Crippen molar-refractivity contribution in [3.05, 3.63) is 29.6 Å². The first-order valence-electron chi connectivity index (χ1n) is 6.39. The maximum Gasteiger partial charge on any atom is 0.0494 e. The van der Waals surface area contributed by atoms with E-state index in [-0.39, 0.29) is 0 Å². The molecule has 1 saturated heterocycles. The Hall–Kier alpha value is -0.930. The van der Waals surface area contributed by atoms with Gasteiger partial charge in [-0.25, -0.2) is 0 Å². The Labute approximate surface area is 104 Å². The van der Waals surface area contributed by atoms with Gasteiger partial charge >= 0.3 is 0 Å². The molecule has 1 aliphatic heterocycles. The predicted octanol–water partition coefficient (Wildman–Crippen LogP) is 2.32. The normalized spacial score (nSPS) is 26.8. The van der Waals surface area contributed by atoms with Crippen molar-refractivity contribution in [2.45, 2.75) is 26.3 Å². The number of nitrogens with zero attached hydrogens (tertiary/aromatic N) is 1. The van der Waals surface area contributed by atoms with Crippen LogP contribution in [0.15, 0.2) is 18.5 Å². The van der Waals surface area contributed by atoms with Gasteiger partial charge in [-0.2, -0.15) is 0 Å². The molecule has 3 unspecified atom stereocenters. The molecule has 3 atom stereocenters. The molecule has 0 aromatic carbocycles. The van der Waals surface area contributed by atoms with Gasteiger partial charge in [-0.1, -0.05) is 6.92 Å². The van der Waals surface area contributed by atoms with E-state index in [1.54, 1.807) is 0 Å². The maximum absolute atomic E-state index is 5.53. The Kier molecular flexibility index (Phi) is 4.13. The van der Waals surface area contributed by atoms with Gasteiger partial charge in [0.25, 0.3) is 0 Å². The van der Waals surface area contributed by atoms with Crippen LogP contribution >= 0.6 is 0 Å². The largest absolute Gasteiger partial charge is 0.381 e. The monoisotopic (exact) mass is 234 g/mol. The number of aryl methyl sites for hydroxylation is 1. The van der Waals surface area contributed by atoms with E-state index < -0.39 is 0 Å². The lowest BCUT2D eigenvalue weighted by Gasteiger charge is -2.35. The van der Waals surface area contributed by atoms with Crippen molar-refractivity contribution in [3.63, 3.8) is 0 Å². The third-order valence-electron chi connectivity index (χ3n) is 3.86. The van der Waals surface area contributed by atoms with E-state index >= 15 is 0 Å². The molecular weight excluding hydrogens is 212 g/mol.